The first-order chi connectivity index (χ1) is 8.56. The average molecular weight is 268 g/mol. The lowest BCUT2D eigenvalue weighted by molar-refractivity contribution is 0.403. The lowest BCUT2D eigenvalue weighted by Crippen LogP contribution is -2.01. The van der Waals surface area contributed by atoms with E-state index < -0.39 is 5.82 Å². The number of nitrogens with one attached hydrogen (secondary N) is 1. The van der Waals surface area contributed by atoms with Crippen LogP contribution in [0.1, 0.15) is 5.56 Å². The van der Waals surface area contributed by atoms with Crippen molar-refractivity contribution in [2.24, 2.45) is 0 Å². The van der Waals surface area contributed by atoms with Gasteiger partial charge in [0.05, 0.1) is 5.69 Å². The zero-order valence-corrected chi connectivity index (χ0v) is 10.1. The monoisotopic (exact) mass is 267 g/mol. The summed E-state index contributed by atoms with van der Waals surface area (Å²) in [6, 6.07) is 8.64. The number of hydrogen-bond donors (Lipinski definition) is 3. The van der Waals surface area contributed by atoms with Crippen LogP contribution in [0, 0.1) is 5.82 Å². The predicted octanol–water partition coefficient (Wildman–Crippen LogP) is 3.50. The number of rotatable bonds is 3. The van der Waals surface area contributed by atoms with Crippen LogP contribution in [0.15, 0.2) is 36.4 Å². The zero-order chi connectivity index (χ0) is 13.1. The molecule has 0 spiro atoms. The predicted molar refractivity (Wildman–Crippen MR) is 68.5 cm³/mol. The molecule has 0 aliphatic carbocycles. The van der Waals surface area contributed by atoms with Crippen molar-refractivity contribution in [3.8, 4) is 11.5 Å². The summed E-state index contributed by atoms with van der Waals surface area (Å²) in [5.74, 6) is -0.795. The third-order valence-electron chi connectivity index (χ3n) is 2.45. The fourth-order valence-corrected chi connectivity index (χ4v) is 1.68. The highest BCUT2D eigenvalue weighted by atomic mass is 35.5. The average Bonchev–Trinajstić information content (AvgIpc) is 2.34. The minimum Gasteiger partial charge on any atom is -0.504 e. The quantitative estimate of drug-likeness (QED) is 0.746. The Balaban J connectivity index is 2.11. The molecule has 94 valence electrons. The number of benzene rings is 2. The van der Waals surface area contributed by atoms with Crippen LogP contribution >= 0.6 is 11.6 Å². The summed E-state index contributed by atoms with van der Waals surface area (Å²) in [5, 5.41) is 21.8. The minimum atomic E-state index is -0.401. The molecule has 3 N–H and O–H groups in total. The van der Waals surface area contributed by atoms with E-state index in [1.54, 1.807) is 6.07 Å². The summed E-state index contributed by atoms with van der Waals surface area (Å²) in [4.78, 5) is 0. The van der Waals surface area contributed by atoms with E-state index in [1.807, 2.05) is 0 Å². The molecular formula is C13H11ClFNO2. The van der Waals surface area contributed by atoms with E-state index in [4.69, 9.17) is 16.7 Å². The van der Waals surface area contributed by atoms with Crippen molar-refractivity contribution in [1.29, 1.82) is 0 Å². The van der Waals surface area contributed by atoms with Gasteiger partial charge in [-0.15, -0.1) is 0 Å². The maximum atomic E-state index is 13.4. The van der Waals surface area contributed by atoms with Crippen molar-refractivity contribution in [2.75, 3.05) is 5.32 Å². The van der Waals surface area contributed by atoms with E-state index in [0.29, 0.717) is 17.1 Å². The Labute approximate surface area is 108 Å². The molecule has 0 radical (unpaired) electrons. The Morgan fingerprint density at radius 1 is 1.06 bits per heavy atom. The topological polar surface area (TPSA) is 52.5 Å². The maximum absolute atomic E-state index is 13.4. The van der Waals surface area contributed by atoms with Crippen molar-refractivity contribution in [2.45, 2.75) is 6.54 Å². The zero-order valence-electron chi connectivity index (χ0n) is 9.32. The van der Waals surface area contributed by atoms with Crippen molar-refractivity contribution in [1.82, 2.24) is 0 Å². The van der Waals surface area contributed by atoms with E-state index in [0.717, 1.165) is 0 Å². The number of halogens is 2. The molecule has 0 bridgehead atoms. The van der Waals surface area contributed by atoms with Crippen LogP contribution in [0.4, 0.5) is 10.1 Å². The Bertz CT molecular complexity index is 575. The van der Waals surface area contributed by atoms with Gasteiger partial charge in [-0.1, -0.05) is 17.7 Å². The molecule has 0 aliphatic heterocycles. The Kier molecular flexibility index (Phi) is 3.58. The van der Waals surface area contributed by atoms with Gasteiger partial charge in [0.15, 0.2) is 11.5 Å². The highest BCUT2D eigenvalue weighted by Gasteiger charge is 2.04. The van der Waals surface area contributed by atoms with Crippen molar-refractivity contribution >= 4 is 17.3 Å². The summed E-state index contributed by atoms with van der Waals surface area (Å²) in [6.45, 7) is 0.311. The van der Waals surface area contributed by atoms with Gasteiger partial charge >= 0.3 is 0 Å². The third-order valence-corrected chi connectivity index (χ3v) is 2.69. The molecule has 0 saturated heterocycles. The molecule has 2 aromatic rings. The maximum Gasteiger partial charge on any atom is 0.157 e. The largest absolute Gasteiger partial charge is 0.504 e. The molecule has 0 heterocycles. The smallest absolute Gasteiger partial charge is 0.157 e. The number of phenols is 2. The van der Waals surface area contributed by atoms with E-state index in [2.05, 4.69) is 5.32 Å². The summed E-state index contributed by atoms with van der Waals surface area (Å²) >= 11 is 5.76. The molecule has 0 atom stereocenters. The summed E-state index contributed by atoms with van der Waals surface area (Å²) in [7, 11) is 0. The second-order valence-corrected chi connectivity index (χ2v) is 4.24. The van der Waals surface area contributed by atoms with Crippen LogP contribution in [-0.2, 0) is 6.54 Å². The summed E-state index contributed by atoms with van der Waals surface area (Å²) < 4.78 is 13.4. The van der Waals surface area contributed by atoms with Crippen molar-refractivity contribution < 1.29 is 14.6 Å². The first-order valence-electron chi connectivity index (χ1n) is 5.26. The van der Waals surface area contributed by atoms with Crippen molar-refractivity contribution in [3.05, 3.63) is 52.8 Å². The summed E-state index contributed by atoms with van der Waals surface area (Å²) in [6.07, 6.45) is 0. The lowest BCUT2D eigenvalue weighted by atomic mass is 10.2. The molecule has 3 nitrogen and oxygen atoms in total. The van der Waals surface area contributed by atoms with Gasteiger partial charge in [-0.05, 0) is 35.9 Å². The highest BCUT2D eigenvalue weighted by Crippen LogP contribution is 2.26. The van der Waals surface area contributed by atoms with Crippen LogP contribution in [0.25, 0.3) is 0 Å². The molecule has 0 aliphatic rings. The van der Waals surface area contributed by atoms with E-state index in [-0.39, 0.29) is 17.2 Å². The fourth-order valence-electron chi connectivity index (χ4n) is 1.51. The van der Waals surface area contributed by atoms with Crippen LogP contribution in [0.2, 0.25) is 5.02 Å². The van der Waals surface area contributed by atoms with Gasteiger partial charge in [0, 0.05) is 11.6 Å². The Morgan fingerprint density at radius 3 is 2.56 bits per heavy atom. The van der Waals surface area contributed by atoms with Crippen LogP contribution in [-0.4, -0.2) is 10.2 Å². The van der Waals surface area contributed by atoms with E-state index in [9.17, 15) is 9.50 Å². The molecular weight excluding hydrogens is 257 g/mol. The molecule has 0 saturated carbocycles. The normalized spacial score (nSPS) is 10.3. The standard InChI is InChI=1S/C13H11ClFNO2/c14-9-2-3-10(15)11(6-9)16-7-8-1-4-12(17)13(18)5-8/h1-6,16-18H,7H2. The Hall–Kier alpha value is -1.94. The fraction of sp³-hybridized carbons (Fsp3) is 0.0769. The molecule has 5 heteroatoms. The highest BCUT2D eigenvalue weighted by molar-refractivity contribution is 6.30. The van der Waals surface area contributed by atoms with Gasteiger partial charge in [-0.25, -0.2) is 4.39 Å². The van der Waals surface area contributed by atoms with E-state index in [1.165, 1.54) is 30.3 Å². The summed E-state index contributed by atoms with van der Waals surface area (Å²) in [5.41, 5.74) is 1.000. The Morgan fingerprint density at radius 2 is 1.83 bits per heavy atom. The van der Waals surface area contributed by atoms with Gasteiger partial charge in [-0.3, -0.25) is 0 Å². The number of anilines is 1. The molecule has 0 aromatic heterocycles. The van der Waals surface area contributed by atoms with E-state index >= 15 is 0 Å². The molecule has 18 heavy (non-hydrogen) atoms. The third kappa shape index (κ3) is 2.84. The van der Waals surface area contributed by atoms with Gasteiger partial charge < -0.3 is 15.5 Å². The van der Waals surface area contributed by atoms with Gasteiger partial charge in [-0.2, -0.15) is 0 Å². The lowest BCUT2D eigenvalue weighted by Gasteiger charge is -2.08. The molecule has 0 unspecified atom stereocenters. The first kappa shape index (κ1) is 12.5. The van der Waals surface area contributed by atoms with Gasteiger partial charge in [0.1, 0.15) is 5.82 Å². The second kappa shape index (κ2) is 5.14. The molecule has 0 amide bonds. The first-order valence-corrected chi connectivity index (χ1v) is 5.64. The van der Waals surface area contributed by atoms with Gasteiger partial charge in [0.25, 0.3) is 0 Å². The molecule has 2 aromatic carbocycles. The van der Waals surface area contributed by atoms with Crippen molar-refractivity contribution in [3.63, 3.8) is 0 Å². The minimum absolute atomic E-state index is 0.187. The van der Waals surface area contributed by atoms with Gasteiger partial charge in [0.2, 0.25) is 0 Å². The van der Waals surface area contributed by atoms with Crippen LogP contribution in [0.5, 0.6) is 11.5 Å². The SMILES string of the molecule is Oc1ccc(CNc2cc(Cl)ccc2F)cc1O. The number of hydrogen-bond acceptors (Lipinski definition) is 3. The molecule has 0 fully saturated rings. The van der Waals surface area contributed by atoms with Crippen LogP contribution < -0.4 is 5.32 Å². The number of phenolic OH excluding ortho intramolecular Hbond substituents is 2. The molecule has 2 rings (SSSR count). The van der Waals surface area contributed by atoms with Crippen LogP contribution in [0.3, 0.4) is 0 Å². The number of aromatic hydroxyl groups is 2. The second-order valence-electron chi connectivity index (χ2n) is 3.80.